The summed E-state index contributed by atoms with van der Waals surface area (Å²) in [7, 11) is 0. The fourth-order valence-corrected chi connectivity index (χ4v) is 1.66. The summed E-state index contributed by atoms with van der Waals surface area (Å²) >= 11 is 0. The molecule has 0 nitrogen and oxygen atoms in total. The van der Waals surface area contributed by atoms with Gasteiger partial charge < -0.3 is 0 Å². The molecular weight excluding hydrogens is 180 g/mol. The van der Waals surface area contributed by atoms with Crippen LogP contribution in [-0.2, 0) is 0 Å². The molecule has 0 aliphatic heterocycles. The molecule has 0 spiro atoms. The third kappa shape index (κ3) is 3.80. The van der Waals surface area contributed by atoms with Crippen LogP contribution in [0.5, 0.6) is 0 Å². The Bertz CT molecular complexity index is 327. The maximum Gasteiger partial charge on any atom is 0.0286 e. The van der Waals surface area contributed by atoms with E-state index in [4.69, 9.17) is 0 Å². The average Bonchev–Trinajstić information content (AvgIpc) is 2.18. The van der Waals surface area contributed by atoms with E-state index in [1.165, 1.54) is 5.92 Å². The molecule has 0 heteroatoms. The lowest BCUT2D eigenvalue weighted by atomic mass is 9.86. The number of rotatable bonds is 2. The Morgan fingerprint density at radius 2 is 1.67 bits per heavy atom. The Labute approximate surface area is 93.7 Å². The SMILES string of the molecule is C[C](C)C(C#Cc1ccccc1)C(C)C. The first-order chi connectivity index (χ1) is 7.11. The monoisotopic (exact) mass is 199 g/mol. The van der Waals surface area contributed by atoms with Gasteiger partial charge in [-0.15, -0.1) is 0 Å². The lowest BCUT2D eigenvalue weighted by Gasteiger charge is -2.17. The molecule has 1 atom stereocenters. The van der Waals surface area contributed by atoms with Crippen LogP contribution >= 0.6 is 0 Å². The Balaban J connectivity index is 2.79. The summed E-state index contributed by atoms with van der Waals surface area (Å²) in [4.78, 5) is 0. The highest BCUT2D eigenvalue weighted by Crippen LogP contribution is 2.21. The van der Waals surface area contributed by atoms with Crippen LogP contribution in [-0.4, -0.2) is 0 Å². The summed E-state index contributed by atoms with van der Waals surface area (Å²) < 4.78 is 0. The van der Waals surface area contributed by atoms with Crippen molar-refractivity contribution < 1.29 is 0 Å². The van der Waals surface area contributed by atoms with E-state index in [2.05, 4.69) is 51.7 Å². The van der Waals surface area contributed by atoms with E-state index >= 15 is 0 Å². The van der Waals surface area contributed by atoms with Crippen molar-refractivity contribution in [3.05, 3.63) is 41.8 Å². The van der Waals surface area contributed by atoms with Gasteiger partial charge in [-0.2, -0.15) is 0 Å². The third-order valence-corrected chi connectivity index (χ3v) is 2.43. The van der Waals surface area contributed by atoms with Gasteiger partial charge in [0.25, 0.3) is 0 Å². The third-order valence-electron chi connectivity index (χ3n) is 2.43. The summed E-state index contributed by atoms with van der Waals surface area (Å²) in [5, 5.41) is 0. The molecule has 0 fully saturated rings. The highest BCUT2D eigenvalue weighted by molar-refractivity contribution is 5.35. The predicted molar refractivity (Wildman–Crippen MR) is 66.2 cm³/mol. The summed E-state index contributed by atoms with van der Waals surface area (Å²) in [6.07, 6.45) is 0. The predicted octanol–water partition coefficient (Wildman–Crippen LogP) is 3.92. The molecule has 0 aliphatic carbocycles. The Morgan fingerprint density at radius 3 is 2.13 bits per heavy atom. The fourth-order valence-electron chi connectivity index (χ4n) is 1.66. The van der Waals surface area contributed by atoms with Gasteiger partial charge in [0.2, 0.25) is 0 Å². The van der Waals surface area contributed by atoms with E-state index in [1.54, 1.807) is 0 Å². The van der Waals surface area contributed by atoms with E-state index < -0.39 is 0 Å². The second-order valence-corrected chi connectivity index (χ2v) is 4.43. The molecule has 1 aromatic carbocycles. The van der Waals surface area contributed by atoms with Crippen molar-refractivity contribution in [2.24, 2.45) is 11.8 Å². The summed E-state index contributed by atoms with van der Waals surface area (Å²) in [5.74, 6) is 8.98. The quantitative estimate of drug-likeness (QED) is 0.633. The second kappa shape index (κ2) is 5.61. The Hall–Kier alpha value is -1.22. The lowest BCUT2D eigenvalue weighted by molar-refractivity contribution is 0.497. The first-order valence-corrected chi connectivity index (χ1v) is 5.48. The van der Waals surface area contributed by atoms with Crippen molar-refractivity contribution in [3.8, 4) is 11.8 Å². The minimum atomic E-state index is 0.408. The van der Waals surface area contributed by atoms with Gasteiger partial charge in [-0.1, -0.05) is 57.7 Å². The smallest absolute Gasteiger partial charge is 0.0286 e. The zero-order chi connectivity index (χ0) is 11.3. The van der Waals surface area contributed by atoms with Crippen LogP contribution in [0, 0.1) is 29.6 Å². The maximum absolute atomic E-state index is 3.35. The van der Waals surface area contributed by atoms with E-state index in [-0.39, 0.29) is 0 Å². The van der Waals surface area contributed by atoms with Crippen molar-refractivity contribution in [2.75, 3.05) is 0 Å². The zero-order valence-corrected chi connectivity index (χ0v) is 10.0. The van der Waals surface area contributed by atoms with Crippen LogP contribution in [0.4, 0.5) is 0 Å². The van der Waals surface area contributed by atoms with Gasteiger partial charge in [0.15, 0.2) is 0 Å². The average molecular weight is 199 g/mol. The number of benzene rings is 1. The highest BCUT2D eigenvalue weighted by Gasteiger charge is 2.14. The molecule has 79 valence electrons. The van der Waals surface area contributed by atoms with Gasteiger partial charge in [0.05, 0.1) is 0 Å². The van der Waals surface area contributed by atoms with Crippen LogP contribution in [0.1, 0.15) is 33.3 Å². The van der Waals surface area contributed by atoms with Crippen LogP contribution in [0.15, 0.2) is 30.3 Å². The van der Waals surface area contributed by atoms with Gasteiger partial charge in [-0.3, -0.25) is 0 Å². The van der Waals surface area contributed by atoms with Crippen LogP contribution in [0.3, 0.4) is 0 Å². The molecule has 0 aliphatic rings. The largest absolute Gasteiger partial charge is 0.0936 e. The molecule has 0 saturated heterocycles. The highest BCUT2D eigenvalue weighted by atomic mass is 14.2. The molecule has 1 rings (SSSR count). The molecule has 1 aromatic rings. The van der Waals surface area contributed by atoms with Gasteiger partial charge in [-0.05, 0) is 24.0 Å². The summed E-state index contributed by atoms with van der Waals surface area (Å²) in [6.45, 7) is 8.75. The summed E-state index contributed by atoms with van der Waals surface area (Å²) in [6, 6.07) is 10.2. The molecule has 15 heavy (non-hydrogen) atoms. The maximum atomic E-state index is 3.35. The second-order valence-electron chi connectivity index (χ2n) is 4.43. The fraction of sp³-hybridized carbons (Fsp3) is 0.400. The summed E-state index contributed by atoms with van der Waals surface area (Å²) in [5.41, 5.74) is 1.10. The van der Waals surface area contributed by atoms with Crippen LogP contribution in [0.25, 0.3) is 0 Å². The van der Waals surface area contributed by atoms with Gasteiger partial charge >= 0.3 is 0 Å². The molecule has 0 heterocycles. The molecule has 0 bridgehead atoms. The van der Waals surface area contributed by atoms with Gasteiger partial charge in [0, 0.05) is 11.5 Å². The van der Waals surface area contributed by atoms with Crippen molar-refractivity contribution in [1.29, 1.82) is 0 Å². The molecular formula is C15H19. The van der Waals surface area contributed by atoms with Gasteiger partial charge in [0.1, 0.15) is 0 Å². The number of hydrogen-bond acceptors (Lipinski definition) is 0. The minimum Gasteiger partial charge on any atom is -0.0936 e. The van der Waals surface area contributed by atoms with E-state index in [0.29, 0.717) is 11.8 Å². The lowest BCUT2D eigenvalue weighted by Crippen LogP contribution is -2.11. The first-order valence-electron chi connectivity index (χ1n) is 5.48. The molecule has 0 aromatic heterocycles. The van der Waals surface area contributed by atoms with E-state index in [1.807, 2.05) is 18.2 Å². The van der Waals surface area contributed by atoms with Crippen molar-refractivity contribution in [3.63, 3.8) is 0 Å². The Morgan fingerprint density at radius 1 is 1.07 bits per heavy atom. The van der Waals surface area contributed by atoms with Crippen molar-refractivity contribution in [2.45, 2.75) is 27.7 Å². The topological polar surface area (TPSA) is 0 Å². The number of hydrogen-bond donors (Lipinski definition) is 0. The van der Waals surface area contributed by atoms with Crippen molar-refractivity contribution in [1.82, 2.24) is 0 Å². The first kappa shape index (κ1) is 11.9. The van der Waals surface area contributed by atoms with Crippen molar-refractivity contribution >= 4 is 0 Å². The normalized spacial score (nSPS) is 10.6. The molecule has 0 amide bonds. The standard InChI is InChI=1S/C15H19/c1-12(2)15(13(3)4)11-10-14-8-6-5-7-9-14/h5-9,12,15H,1-4H3. The Kier molecular flexibility index (Phi) is 4.43. The van der Waals surface area contributed by atoms with Crippen LogP contribution in [0.2, 0.25) is 0 Å². The minimum absolute atomic E-state index is 0.408. The molecule has 1 unspecified atom stereocenters. The van der Waals surface area contributed by atoms with E-state index in [0.717, 1.165) is 5.56 Å². The van der Waals surface area contributed by atoms with E-state index in [9.17, 15) is 0 Å². The van der Waals surface area contributed by atoms with Crippen LogP contribution < -0.4 is 0 Å². The molecule has 1 radical (unpaired) electrons. The zero-order valence-electron chi connectivity index (χ0n) is 10.0. The molecule has 0 N–H and O–H groups in total. The van der Waals surface area contributed by atoms with Gasteiger partial charge in [-0.25, -0.2) is 0 Å². The molecule has 0 saturated carbocycles.